The van der Waals surface area contributed by atoms with Gasteiger partial charge in [-0.05, 0) is 25.7 Å². The highest BCUT2D eigenvalue weighted by Gasteiger charge is 2.19. The van der Waals surface area contributed by atoms with Crippen molar-refractivity contribution in [2.75, 3.05) is 13.2 Å². The second kappa shape index (κ2) is 6.64. The Kier molecular flexibility index (Phi) is 5.48. The molecule has 2 atom stereocenters. The van der Waals surface area contributed by atoms with Crippen molar-refractivity contribution in [2.45, 2.75) is 46.1 Å². The molecule has 17 heavy (non-hydrogen) atoms. The van der Waals surface area contributed by atoms with Gasteiger partial charge in [0.15, 0.2) is 0 Å². The third-order valence-corrected chi connectivity index (χ3v) is 3.36. The number of rotatable bonds is 5. The van der Waals surface area contributed by atoms with Crippen LogP contribution in [0.5, 0.6) is 0 Å². The molecule has 1 aliphatic rings. The average molecular weight is 241 g/mol. The Morgan fingerprint density at radius 3 is 2.88 bits per heavy atom. The summed E-state index contributed by atoms with van der Waals surface area (Å²) in [6, 6.07) is 0. The van der Waals surface area contributed by atoms with E-state index < -0.39 is 6.10 Å². The van der Waals surface area contributed by atoms with Gasteiger partial charge in [0.25, 0.3) is 5.91 Å². The van der Waals surface area contributed by atoms with E-state index in [2.05, 4.69) is 5.32 Å². The van der Waals surface area contributed by atoms with Crippen LogP contribution in [0.1, 0.15) is 40.0 Å². The number of carbonyl (C=O) groups is 1. The Labute approximate surface area is 103 Å². The predicted molar refractivity (Wildman–Crippen MR) is 66.4 cm³/mol. The molecule has 0 bridgehead atoms. The highest BCUT2D eigenvalue weighted by atomic mass is 16.5. The first-order valence-corrected chi connectivity index (χ1v) is 6.35. The summed E-state index contributed by atoms with van der Waals surface area (Å²) < 4.78 is 5.34. The fourth-order valence-electron chi connectivity index (χ4n) is 1.79. The lowest BCUT2D eigenvalue weighted by molar-refractivity contribution is -0.118. The lowest BCUT2D eigenvalue weighted by Crippen LogP contribution is -2.36. The number of aliphatic hydroxyl groups excluding tert-OH is 1. The van der Waals surface area contributed by atoms with Crippen LogP contribution in [-0.2, 0) is 9.53 Å². The average Bonchev–Trinajstić information content (AvgIpc) is 2.35. The van der Waals surface area contributed by atoms with Crippen molar-refractivity contribution in [3.05, 3.63) is 11.3 Å². The molecule has 2 N–H and O–H groups in total. The molecule has 4 nitrogen and oxygen atoms in total. The molecule has 4 heteroatoms. The maximum Gasteiger partial charge on any atom is 0.250 e. The van der Waals surface area contributed by atoms with Crippen molar-refractivity contribution >= 4 is 5.91 Å². The van der Waals surface area contributed by atoms with Crippen LogP contribution in [0.2, 0.25) is 0 Å². The van der Waals surface area contributed by atoms with Gasteiger partial charge in [-0.3, -0.25) is 4.79 Å². The summed E-state index contributed by atoms with van der Waals surface area (Å²) in [7, 11) is 0. The van der Waals surface area contributed by atoms with Gasteiger partial charge in [0.1, 0.15) is 5.76 Å². The zero-order valence-corrected chi connectivity index (χ0v) is 11.0. The Balaban J connectivity index is 2.44. The summed E-state index contributed by atoms with van der Waals surface area (Å²) in [5.74, 6) is 0.810. The minimum atomic E-state index is -0.477. The minimum absolute atomic E-state index is 0.107. The number of allylic oxidation sites excluding steroid dienone is 1. The van der Waals surface area contributed by atoms with Gasteiger partial charge in [-0.25, -0.2) is 0 Å². The van der Waals surface area contributed by atoms with Crippen molar-refractivity contribution in [1.82, 2.24) is 5.32 Å². The first kappa shape index (κ1) is 14.0. The largest absolute Gasteiger partial charge is 0.498 e. The summed E-state index contributed by atoms with van der Waals surface area (Å²) in [6.07, 6.45) is 2.07. The Morgan fingerprint density at radius 1 is 1.59 bits per heavy atom. The molecule has 1 aliphatic heterocycles. The molecule has 1 rings (SSSR count). The second-order valence-electron chi connectivity index (χ2n) is 4.65. The van der Waals surface area contributed by atoms with Gasteiger partial charge in [0.05, 0.1) is 18.3 Å². The first-order valence-electron chi connectivity index (χ1n) is 6.35. The molecular weight excluding hydrogens is 218 g/mol. The molecule has 0 spiro atoms. The summed E-state index contributed by atoms with van der Waals surface area (Å²) in [5, 5.41) is 12.5. The van der Waals surface area contributed by atoms with Crippen LogP contribution in [0.4, 0.5) is 0 Å². The third kappa shape index (κ3) is 4.04. The van der Waals surface area contributed by atoms with Gasteiger partial charge >= 0.3 is 0 Å². The number of ether oxygens (including phenoxy) is 1. The van der Waals surface area contributed by atoms with E-state index >= 15 is 0 Å². The van der Waals surface area contributed by atoms with Crippen molar-refractivity contribution in [1.29, 1.82) is 0 Å². The quantitative estimate of drug-likeness (QED) is 0.768. The number of hydrogen-bond acceptors (Lipinski definition) is 3. The minimum Gasteiger partial charge on any atom is -0.498 e. The zero-order chi connectivity index (χ0) is 12.8. The molecular formula is C13H23NO3. The van der Waals surface area contributed by atoms with Crippen molar-refractivity contribution < 1.29 is 14.6 Å². The molecule has 1 amide bonds. The smallest absolute Gasteiger partial charge is 0.250 e. The van der Waals surface area contributed by atoms with E-state index in [0.29, 0.717) is 24.5 Å². The van der Waals surface area contributed by atoms with Gasteiger partial charge < -0.3 is 15.2 Å². The molecule has 98 valence electrons. The van der Waals surface area contributed by atoms with Gasteiger partial charge in [-0.1, -0.05) is 20.3 Å². The van der Waals surface area contributed by atoms with E-state index in [4.69, 9.17) is 4.74 Å². The highest BCUT2D eigenvalue weighted by Crippen LogP contribution is 2.18. The lowest BCUT2D eigenvalue weighted by Gasteiger charge is -2.21. The van der Waals surface area contributed by atoms with Crippen LogP contribution in [0.25, 0.3) is 0 Å². The van der Waals surface area contributed by atoms with Gasteiger partial charge in [0, 0.05) is 6.54 Å². The van der Waals surface area contributed by atoms with E-state index in [0.717, 1.165) is 19.3 Å². The number of carbonyl (C=O) groups excluding carboxylic acids is 1. The van der Waals surface area contributed by atoms with E-state index in [1.54, 1.807) is 0 Å². The van der Waals surface area contributed by atoms with Crippen LogP contribution in [0.15, 0.2) is 11.3 Å². The van der Waals surface area contributed by atoms with E-state index in [1.807, 2.05) is 20.8 Å². The Bertz CT molecular complexity index is 299. The first-order chi connectivity index (χ1) is 8.06. The highest BCUT2D eigenvalue weighted by molar-refractivity contribution is 5.93. The standard InChI is InChI=1S/C13H23NO3/c1-4-9(2)12(15)8-14-13(16)11-6-5-7-17-10(11)3/h9,12,15H,4-8H2,1-3H3,(H,14,16). The van der Waals surface area contributed by atoms with E-state index in [-0.39, 0.29) is 11.8 Å². The van der Waals surface area contributed by atoms with Crippen LogP contribution in [0, 0.1) is 5.92 Å². The number of hydrogen-bond donors (Lipinski definition) is 2. The molecule has 0 radical (unpaired) electrons. The molecule has 0 aromatic carbocycles. The molecule has 0 aromatic rings. The Morgan fingerprint density at radius 2 is 2.29 bits per heavy atom. The normalized spacial score (nSPS) is 19.5. The fourth-order valence-corrected chi connectivity index (χ4v) is 1.79. The van der Waals surface area contributed by atoms with Crippen LogP contribution in [-0.4, -0.2) is 30.3 Å². The lowest BCUT2D eigenvalue weighted by atomic mass is 10.0. The number of amides is 1. The topological polar surface area (TPSA) is 58.6 Å². The van der Waals surface area contributed by atoms with Crippen molar-refractivity contribution in [3.63, 3.8) is 0 Å². The second-order valence-corrected chi connectivity index (χ2v) is 4.65. The maximum absolute atomic E-state index is 11.9. The number of nitrogens with one attached hydrogen (secondary N) is 1. The van der Waals surface area contributed by atoms with Crippen LogP contribution >= 0.6 is 0 Å². The van der Waals surface area contributed by atoms with Gasteiger partial charge in [-0.15, -0.1) is 0 Å². The molecule has 0 aromatic heterocycles. The molecule has 1 heterocycles. The molecule has 0 saturated heterocycles. The molecule has 0 saturated carbocycles. The molecule has 2 unspecified atom stereocenters. The monoisotopic (exact) mass is 241 g/mol. The fraction of sp³-hybridized carbons (Fsp3) is 0.769. The number of aliphatic hydroxyl groups is 1. The van der Waals surface area contributed by atoms with Crippen LogP contribution < -0.4 is 5.32 Å². The molecule has 0 aliphatic carbocycles. The van der Waals surface area contributed by atoms with Crippen molar-refractivity contribution in [3.8, 4) is 0 Å². The summed E-state index contributed by atoms with van der Waals surface area (Å²) in [5.41, 5.74) is 0.715. The Hall–Kier alpha value is -1.03. The summed E-state index contributed by atoms with van der Waals surface area (Å²) >= 11 is 0. The summed E-state index contributed by atoms with van der Waals surface area (Å²) in [6.45, 7) is 6.82. The van der Waals surface area contributed by atoms with E-state index in [9.17, 15) is 9.90 Å². The zero-order valence-electron chi connectivity index (χ0n) is 11.0. The van der Waals surface area contributed by atoms with E-state index in [1.165, 1.54) is 0 Å². The van der Waals surface area contributed by atoms with Gasteiger partial charge in [-0.2, -0.15) is 0 Å². The predicted octanol–water partition coefficient (Wildman–Crippen LogP) is 1.59. The molecule has 0 fully saturated rings. The third-order valence-electron chi connectivity index (χ3n) is 3.36. The summed E-state index contributed by atoms with van der Waals surface area (Å²) in [4.78, 5) is 11.9. The van der Waals surface area contributed by atoms with Crippen LogP contribution in [0.3, 0.4) is 0 Å². The maximum atomic E-state index is 11.9. The van der Waals surface area contributed by atoms with Gasteiger partial charge in [0.2, 0.25) is 0 Å². The van der Waals surface area contributed by atoms with Crippen molar-refractivity contribution in [2.24, 2.45) is 5.92 Å². The SMILES string of the molecule is CCC(C)C(O)CNC(=O)C1=C(C)OCCC1.